The van der Waals surface area contributed by atoms with E-state index in [0.717, 1.165) is 36.2 Å². The van der Waals surface area contributed by atoms with Gasteiger partial charge in [0, 0.05) is 32.1 Å². The van der Waals surface area contributed by atoms with E-state index < -0.39 is 0 Å². The zero-order valence-electron chi connectivity index (χ0n) is 12.9. The molecule has 3 rings (SSSR count). The molecule has 1 aromatic heterocycles. The first-order valence-electron chi connectivity index (χ1n) is 7.38. The molecule has 5 heteroatoms. The molecule has 112 valence electrons. The summed E-state index contributed by atoms with van der Waals surface area (Å²) in [6.45, 7) is 2.77. The second kappa shape index (κ2) is 5.58. The van der Waals surface area contributed by atoms with Crippen molar-refractivity contribution in [1.29, 1.82) is 0 Å². The number of hydrogen-bond donors (Lipinski definition) is 0. The summed E-state index contributed by atoms with van der Waals surface area (Å²) >= 11 is 0. The first-order chi connectivity index (χ1) is 10.1. The van der Waals surface area contributed by atoms with Crippen LogP contribution in [0.1, 0.15) is 5.69 Å². The highest BCUT2D eigenvalue weighted by atomic mass is 16.1. The molecule has 1 aromatic carbocycles. The summed E-state index contributed by atoms with van der Waals surface area (Å²) in [5, 5.41) is 5.62. The molecular formula is C16H22N4O. The third-order valence-corrected chi connectivity index (χ3v) is 4.40. The van der Waals surface area contributed by atoms with E-state index in [1.54, 1.807) is 0 Å². The number of carbonyl (C=O) groups excluding carboxylic acids is 1. The lowest BCUT2D eigenvalue weighted by atomic mass is 10.0. The molecule has 1 fully saturated rings. The number of likely N-dealkylation sites (N-methyl/N-ethyl adjacent to an activating group) is 2. The van der Waals surface area contributed by atoms with Gasteiger partial charge >= 0.3 is 0 Å². The number of hydrogen-bond acceptors (Lipinski definition) is 4. The molecule has 1 aliphatic rings. The Morgan fingerprint density at radius 1 is 1.24 bits per heavy atom. The zero-order chi connectivity index (χ0) is 15.0. The third-order valence-electron chi connectivity index (χ3n) is 4.40. The highest BCUT2D eigenvalue weighted by Crippen LogP contribution is 2.19. The highest BCUT2D eigenvalue weighted by molar-refractivity contribution is 5.91. The summed E-state index contributed by atoms with van der Waals surface area (Å²) in [5.74, 6) is 0.257. The Morgan fingerprint density at radius 2 is 2.00 bits per heavy atom. The maximum Gasteiger partial charge on any atom is 0.157 e. The topological polar surface area (TPSA) is 41.4 Å². The largest absolute Gasteiger partial charge is 0.303 e. The molecule has 0 spiro atoms. The minimum absolute atomic E-state index is 0.0236. The SMILES string of the molecule is CN1CCN(C)C(C(=O)Cc2nn(C)c3ccccc23)C1. The van der Waals surface area contributed by atoms with Crippen molar-refractivity contribution in [3.05, 3.63) is 30.0 Å². The van der Waals surface area contributed by atoms with Crippen LogP contribution in [0.5, 0.6) is 0 Å². The molecule has 0 radical (unpaired) electrons. The normalized spacial score (nSPS) is 21.0. The van der Waals surface area contributed by atoms with Gasteiger partial charge in [-0.25, -0.2) is 0 Å². The van der Waals surface area contributed by atoms with E-state index in [2.05, 4.69) is 21.9 Å². The molecule has 21 heavy (non-hydrogen) atoms. The van der Waals surface area contributed by atoms with Crippen LogP contribution < -0.4 is 0 Å². The Bertz CT molecular complexity index is 663. The predicted octanol–water partition coefficient (Wildman–Crippen LogP) is 0.931. The minimum atomic E-state index is -0.0236. The summed E-state index contributed by atoms with van der Waals surface area (Å²) in [7, 11) is 6.03. The van der Waals surface area contributed by atoms with Crippen molar-refractivity contribution in [1.82, 2.24) is 19.6 Å². The lowest BCUT2D eigenvalue weighted by molar-refractivity contribution is -0.125. The van der Waals surface area contributed by atoms with Gasteiger partial charge in [0.15, 0.2) is 5.78 Å². The van der Waals surface area contributed by atoms with Gasteiger partial charge in [0.1, 0.15) is 0 Å². The number of para-hydroxylation sites is 1. The maximum absolute atomic E-state index is 12.7. The van der Waals surface area contributed by atoms with Gasteiger partial charge in [-0.2, -0.15) is 5.10 Å². The van der Waals surface area contributed by atoms with Crippen molar-refractivity contribution < 1.29 is 4.79 Å². The first-order valence-corrected chi connectivity index (χ1v) is 7.38. The Labute approximate surface area is 125 Å². The number of nitrogens with zero attached hydrogens (tertiary/aromatic N) is 4. The standard InChI is InChI=1S/C16H22N4O/c1-18-8-9-19(2)15(11-18)16(21)10-13-12-6-4-5-7-14(12)20(3)17-13/h4-7,15H,8-11H2,1-3H3. The Kier molecular flexibility index (Phi) is 3.78. The lowest BCUT2D eigenvalue weighted by Crippen LogP contribution is -2.53. The van der Waals surface area contributed by atoms with E-state index in [1.807, 2.05) is 43.0 Å². The summed E-state index contributed by atoms with van der Waals surface area (Å²) in [4.78, 5) is 17.0. The molecule has 2 heterocycles. The predicted molar refractivity (Wildman–Crippen MR) is 83.3 cm³/mol. The summed E-state index contributed by atoms with van der Waals surface area (Å²) in [5.41, 5.74) is 1.97. The fraction of sp³-hybridized carbons (Fsp3) is 0.500. The molecule has 5 nitrogen and oxygen atoms in total. The summed E-state index contributed by atoms with van der Waals surface area (Å²) in [6.07, 6.45) is 0.407. The Morgan fingerprint density at radius 3 is 2.81 bits per heavy atom. The second-order valence-corrected chi connectivity index (χ2v) is 5.99. The molecule has 1 unspecified atom stereocenters. The maximum atomic E-state index is 12.7. The summed E-state index contributed by atoms with van der Waals surface area (Å²) < 4.78 is 1.86. The lowest BCUT2D eigenvalue weighted by Gasteiger charge is -2.36. The van der Waals surface area contributed by atoms with Crippen LogP contribution in [0, 0.1) is 0 Å². The van der Waals surface area contributed by atoms with Crippen molar-refractivity contribution >= 4 is 16.7 Å². The number of fused-ring (bicyclic) bond motifs is 1. The zero-order valence-corrected chi connectivity index (χ0v) is 12.9. The molecular weight excluding hydrogens is 264 g/mol. The van der Waals surface area contributed by atoms with Crippen LogP contribution in [0.25, 0.3) is 10.9 Å². The van der Waals surface area contributed by atoms with Crippen LogP contribution in [-0.4, -0.2) is 65.1 Å². The number of carbonyl (C=O) groups is 1. The van der Waals surface area contributed by atoms with Crippen LogP contribution in [0.4, 0.5) is 0 Å². The number of benzene rings is 1. The molecule has 0 bridgehead atoms. The van der Waals surface area contributed by atoms with Crippen LogP contribution in [-0.2, 0) is 18.3 Å². The van der Waals surface area contributed by atoms with Crippen LogP contribution >= 0.6 is 0 Å². The highest BCUT2D eigenvalue weighted by Gasteiger charge is 2.29. The molecule has 0 aliphatic carbocycles. The quantitative estimate of drug-likeness (QED) is 0.842. The summed E-state index contributed by atoms with van der Waals surface area (Å²) in [6, 6.07) is 8.06. The van der Waals surface area contributed by atoms with E-state index in [9.17, 15) is 4.79 Å². The van der Waals surface area contributed by atoms with Crippen molar-refractivity contribution in [2.24, 2.45) is 7.05 Å². The van der Waals surface area contributed by atoms with Gasteiger partial charge < -0.3 is 4.90 Å². The van der Waals surface area contributed by atoms with Gasteiger partial charge in [0.2, 0.25) is 0 Å². The van der Waals surface area contributed by atoms with E-state index in [4.69, 9.17) is 0 Å². The van der Waals surface area contributed by atoms with Gasteiger partial charge in [-0.15, -0.1) is 0 Å². The molecule has 0 amide bonds. The number of aryl methyl sites for hydroxylation is 1. The molecule has 2 aromatic rings. The molecule has 1 atom stereocenters. The van der Waals surface area contributed by atoms with E-state index in [0.29, 0.717) is 6.42 Å². The van der Waals surface area contributed by atoms with Gasteiger partial charge in [-0.05, 0) is 20.2 Å². The minimum Gasteiger partial charge on any atom is -0.303 e. The van der Waals surface area contributed by atoms with Gasteiger partial charge in [-0.1, -0.05) is 18.2 Å². The van der Waals surface area contributed by atoms with Gasteiger partial charge in [0.25, 0.3) is 0 Å². The van der Waals surface area contributed by atoms with Crippen LogP contribution in [0.15, 0.2) is 24.3 Å². The van der Waals surface area contributed by atoms with Crippen LogP contribution in [0.2, 0.25) is 0 Å². The van der Waals surface area contributed by atoms with Gasteiger partial charge in [0.05, 0.1) is 23.7 Å². The molecule has 0 saturated carbocycles. The Balaban J connectivity index is 1.83. The average Bonchev–Trinajstić information content (AvgIpc) is 2.78. The number of rotatable bonds is 3. The molecule has 1 aliphatic heterocycles. The van der Waals surface area contributed by atoms with Crippen molar-refractivity contribution in [3.63, 3.8) is 0 Å². The first kappa shape index (κ1) is 14.2. The average molecular weight is 286 g/mol. The van der Waals surface area contributed by atoms with Crippen molar-refractivity contribution in [2.45, 2.75) is 12.5 Å². The van der Waals surface area contributed by atoms with Crippen LogP contribution in [0.3, 0.4) is 0 Å². The van der Waals surface area contributed by atoms with Gasteiger partial charge in [-0.3, -0.25) is 14.4 Å². The number of Topliss-reactive ketones (excluding diaryl/α,β-unsaturated/α-hetero) is 1. The Hall–Kier alpha value is -1.72. The second-order valence-electron chi connectivity index (χ2n) is 5.99. The number of aromatic nitrogens is 2. The number of piperazine rings is 1. The van der Waals surface area contributed by atoms with E-state index in [-0.39, 0.29) is 11.8 Å². The fourth-order valence-electron chi connectivity index (χ4n) is 3.06. The van der Waals surface area contributed by atoms with Crippen molar-refractivity contribution in [3.8, 4) is 0 Å². The third kappa shape index (κ3) is 2.71. The monoisotopic (exact) mass is 286 g/mol. The van der Waals surface area contributed by atoms with Crippen molar-refractivity contribution in [2.75, 3.05) is 33.7 Å². The molecule has 0 N–H and O–H groups in total. The smallest absolute Gasteiger partial charge is 0.157 e. The fourth-order valence-corrected chi connectivity index (χ4v) is 3.06. The van der Waals surface area contributed by atoms with E-state index >= 15 is 0 Å². The number of ketones is 1. The molecule has 1 saturated heterocycles. The van der Waals surface area contributed by atoms with E-state index in [1.165, 1.54) is 0 Å².